The quantitative estimate of drug-likeness (QED) is 0.438. The van der Waals surface area contributed by atoms with E-state index < -0.39 is 4.92 Å². The molecule has 0 spiro atoms. The maximum absolute atomic E-state index is 11.0. The summed E-state index contributed by atoms with van der Waals surface area (Å²) in [6, 6.07) is 0. The summed E-state index contributed by atoms with van der Waals surface area (Å²) in [5, 5.41) is 11.0. The van der Waals surface area contributed by atoms with Gasteiger partial charge in [-0.1, -0.05) is 6.92 Å². The summed E-state index contributed by atoms with van der Waals surface area (Å²) < 4.78 is 0. The van der Waals surface area contributed by atoms with Crippen LogP contribution in [0.1, 0.15) is 6.92 Å². The lowest BCUT2D eigenvalue weighted by molar-refractivity contribution is -0.384. The van der Waals surface area contributed by atoms with Crippen LogP contribution in [0, 0.1) is 10.1 Å². The maximum atomic E-state index is 11.0. The van der Waals surface area contributed by atoms with Gasteiger partial charge in [-0.3, -0.25) is 15.5 Å². The average molecular weight is 267 g/mol. The van der Waals surface area contributed by atoms with E-state index in [4.69, 9.17) is 5.84 Å². The van der Waals surface area contributed by atoms with Crippen LogP contribution in [-0.2, 0) is 0 Å². The van der Waals surface area contributed by atoms with Crippen molar-refractivity contribution in [1.82, 2.24) is 14.9 Å². The molecule has 1 aromatic rings. The summed E-state index contributed by atoms with van der Waals surface area (Å²) in [4.78, 5) is 22.6. The number of rotatable bonds is 4. The molecule has 0 saturated carbocycles. The molecule has 0 unspecified atom stereocenters. The summed E-state index contributed by atoms with van der Waals surface area (Å²) in [6.07, 6.45) is 1.18. The van der Waals surface area contributed by atoms with E-state index in [1.54, 1.807) is 0 Å². The van der Waals surface area contributed by atoms with Crippen molar-refractivity contribution in [2.24, 2.45) is 5.84 Å². The number of nitro groups is 1. The van der Waals surface area contributed by atoms with Gasteiger partial charge in [-0.2, -0.15) is 4.98 Å². The van der Waals surface area contributed by atoms with Crippen LogP contribution in [0.3, 0.4) is 0 Å². The van der Waals surface area contributed by atoms with Crippen LogP contribution in [0.4, 0.5) is 17.5 Å². The summed E-state index contributed by atoms with van der Waals surface area (Å²) in [6.45, 7) is 6.21. The third kappa shape index (κ3) is 2.88. The van der Waals surface area contributed by atoms with E-state index in [-0.39, 0.29) is 11.6 Å². The van der Waals surface area contributed by atoms with Crippen molar-refractivity contribution in [3.63, 3.8) is 0 Å². The van der Waals surface area contributed by atoms with Crippen molar-refractivity contribution in [3.8, 4) is 0 Å². The second-order valence-electron chi connectivity index (χ2n) is 4.23. The van der Waals surface area contributed by atoms with Crippen molar-refractivity contribution < 1.29 is 4.92 Å². The van der Waals surface area contributed by atoms with Crippen molar-refractivity contribution >= 4 is 17.5 Å². The Bertz CT molecular complexity index is 459. The molecule has 9 heteroatoms. The second-order valence-corrected chi connectivity index (χ2v) is 4.23. The number of hydrogen-bond acceptors (Lipinski definition) is 8. The van der Waals surface area contributed by atoms with Crippen LogP contribution in [-0.4, -0.2) is 52.5 Å². The number of nitrogen functional groups attached to an aromatic ring is 1. The number of likely N-dealkylation sites (N-methyl/N-ethyl adjacent to an activating group) is 1. The molecule has 0 aromatic carbocycles. The Hall–Kier alpha value is -2.00. The Kier molecular flexibility index (Phi) is 4.07. The molecule has 9 nitrogen and oxygen atoms in total. The molecule has 2 heterocycles. The molecule has 0 bridgehead atoms. The van der Waals surface area contributed by atoms with Crippen LogP contribution in [0.15, 0.2) is 6.20 Å². The van der Waals surface area contributed by atoms with Gasteiger partial charge < -0.3 is 9.80 Å². The van der Waals surface area contributed by atoms with Gasteiger partial charge in [-0.15, -0.1) is 0 Å². The molecule has 1 aliphatic heterocycles. The molecule has 3 N–H and O–H groups in total. The van der Waals surface area contributed by atoms with Gasteiger partial charge in [-0.25, -0.2) is 10.8 Å². The predicted octanol–water partition coefficient (Wildman–Crippen LogP) is -0.188. The Morgan fingerprint density at radius 3 is 2.68 bits per heavy atom. The lowest BCUT2D eigenvalue weighted by Crippen LogP contribution is -2.46. The standard InChI is InChI=1S/C10H17N7O2/c1-2-15-3-5-16(6-4-15)9-8(17(18)19)7-12-10(13-9)14-11/h7H,2-6,11H2,1H3,(H,12,13,14). The van der Waals surface area contributed by atoms with Gasteiger partial charge in [0.25, 0.3) is 0 Å². The zero-order chi connectivity index (χ0) is 13.8. The molecule has 1 aliphatic rings. The first-order valence-corrected chi connectivity index (χ1v) is 6.11. The van der Waals surface area contributed by atoms with Crippen LogP contribution in [0.2, 0.25) is 0 Å². The molecule has 19 heavy (non-hydrogen) atoms. The molecule has 0 atom stereocenters. The molecular weight excluding hydrogens is 250 g/mol. The zero-order valence-corrected chi connectivity index (χ0v) is 10.7. The van der Waals surface area contributed by atoms with Crippen LogP contribution < -0.4 is 16.2 Å². The van der Waals surface area contributed by atoms with E-state index >= 15 is 0 Å². The number of anilines is 2. The molecule has 1 saturated heterocycles. The van der Waals surface area contributed by atoms with Crippen LogP contribution in [0.5, 0.6) is 0 Å². The zero-order valence-electron chi connectivity index (χ0n) is 10.7. The van der Waals surface area contributed by atoms with Crippen molar-refractivity contribution in [2.45, 2.75) is 6.92 Å². The van der Waals surface area contributed by atoms with Gasteiger partial charge in [-0.05, 0) is 6.54 Å². The third-order valence-corrected chi connectivity index (χ3v) is 3.19. The highest BCUT2D eigenvalue weighted by Crippen LogP contribution is 2.26. The lowest BCUT2D eigenvalue weighted by atomic mass is 10.3. The molecule has 0 amide bonds. The largest absolute Gasteiger partial charge is 0.348 e. The van der Waals surface area contributed by atoms with E-state index in [1.165, 1.54) is 6.20 Å². The Morgan fingerprint density at radius 1 is 1.47 bits per heavy atom. The van der Waals surface area contributed by atoms with E-state index in [9.17, 15) is 10.1 Å². The fraction of sp³-hybridized carbons (Fsp3) is 0.600. The maximum Gasteiger partial charge on any atom is 0.329 e. The summed E-state index contributed by atoms with van der Waals surface area (Å²) >= 11 is 0. The molecule has 0 radical (unpaired) electrons. The van der Waals surface area contributed by atoms with E-state index in [0.717, 1.165) is 19.6 Å². The molecule has 104 valence electrons. The van der Waals surface area contributed by atoms with Gasteiger partial charge in [0, 0.05) is 26.2 Å². The average Bonchev–Trinajstić information content (AvgIpc) is 2.46. The minimum Gasteiger partial charge on any atom is -0.348 e. The number of nitrogens with zero attached hydrogens (tertiary/aromatic N) is 5. The highest BCUT2D eigenvalue weighted by Gasteiger charge is 2.25. The van der Waals surface area contributed by atoms with Gasteiger partial charge in [0.2, 0.25) is 11.8 Å². The van der Waals surface area contributed by atoms with E-state index in [0.29, 0.717) is 18.9 Å². The highest BCUT2D eigenvalue weighted by molar-refractivity contribution is 5.59. The summed E-state index contributed by atoms with van der Waals surface area (Å²) in [5.41, 5.74) is 2.22. The van der Waals surface area contributed by atoms with Crippen molar-refractivity contribution in [1.29, 1.82) is 0 Å². The van der Waals surface area contributed by atoms with Crippen molar-refractivity contribution in [3.05, 3.63) is 16.3 Å². The SMILES string of the molecule is CCN1CCN(c2nc(NN)ncc2[N+](=O)[O-])CC1. The first kappa shape index (κ1) is 13.4. The van der Waals surface area contributed by atoms with Gasteiger partial charge in [0.15, 0.2) is 0 Å². The molecule has 1 fully saturated rings. The smallest absolute Gasteiger partial charge is 0.329 e. The third-order valence-electron chi connectivity index (χ3n) is 3.19. The number of piperazine rings is 1. The Labute approximate surface area is 110 Å². The topological polar surface area (TPSA) is 113 Å². The fourth-order valence-corrected chi connectivity index (χ4v) is 2.07. The summed E-state index contributed by atoms with van der Waals surface area (Å²) in [7, 11) is 0. The first-order valence-electron chi connectivity index (χ1n) is 6.11. The monoisotopic (exact) mass is 267 g/mol. The van der Waals surface area contributed by atoms with E-state index in [2.05, 4.69) is 27.2 Å². The highest BCUT2D eigenvalue weighted by atomic mass is 16.6. The minimum atomic E-state index is -0.470. The fourth-order valence-electron chi connectivity index (χ4n) is 2.07. The lowest BCUT2D eigenvalue weighted by Gasteiger charge is -2.34. The van der Waals surface area contributed by atoms with Gasteiger partial charge >= 0.3 is 5.69 Å². The molecule has 2 rings (SSSR count). The van der Waals surface area contributed by atoms with Crippen LogP contribution >= 0.6 is 0 Å². The number of aromatic nitrogens is 2. The number of nitrogens with one attached hydrogen (secondary N) is 1. The summed E-state index contributed by atoms with van der Waals surface area (Å²) in [5.74, 6) is 5.75. The minimum absolute atomic E-state index is 0.0936. The predicted molar refractivity (Wildman–Crippen MR) is 70.8 cm³/mol. The number of hydrazine groups is 1. The number of hydrogen-bond donors (Lipinski definition) is 2. The van der Waals surface area contributed by atoms with Crippen LogP contribution in [0.25, 0.3) is 0 Å². The van der Waals surface area contributed by atoms with Gasteiger partial charge in [0.1, 0.15) is 6.20 Å². The van der Waals surface area contributed by atoms with Gasteiger partial charge in [0.05, 0.1) is 4.92 Å². The normalized spacial score (nSPS) is 16.4. The first-order chi connectivity index (χ1) is 9.15. The number of nitrogens with two attached hydrogens (primary N) is 1. The molecular formula is C10H17N7O2. The van der Waals surface area contributed by atoms with E-state index in [1.807, 2.05) is 4.90 Å². The van der Waals surface area contributed by atoms with Crippen molar-refractivity contribution in [2.75, 3.05) is 43.0 Å². The molecule has 1 aromatic heterocycles. The Balaban J connectivity index is 2.24. The second kappa shape index (κ2) is 5.76. The molecule has 0 aliphatic carbocycles. The Morgan fingerprint density at radius 2 is 2.16 bits per heavy atom.